The van der Waals surface area contributed by atoms with Gasteiger partial charge in [-0.15, -0.1) is 0 Å². The summed E-state index contributed by atoms with van der Waals surface area (Å²) in [5, 5.41) is 0. The number of benzene rings is 2. The number of quaternary nitrogens is 2. The minimum Gasteiger partial charge on any atom is -0.756 e. The van der Waals surface area contributed by atoms with Crippen molar-refractivity contribution in [3.8, 4) is 11.5 Å². The van der Waals surface area contributed by atoms with Gasteiger partial charge in [0.25, 0.3) is 15.6 Å². The lowest BCUT2D eigenvalue weighted by Gasteiger charge is -2.28. The first-order chi connectivity index (χ1) is 48.9. The van der Waals surface area contributed by atoms with E-state index in [0.29, 0.717) is 83.6 Å². The molecule has 2 unspecified atom stereocenters. The number of phosphoric acid groups is 2. The van der Waals surface area contributed by atoms with Crippen LogP contribution in [0.25, 0.3) is 0 Å². The van der Waals surface area contributed by atoms with Crippen molar-refractivity contribution >= 4 is 45.3 Å². The highest BCUT2D eigenvalue weighted by atomic mass is 31.2. The third-order valence-corrected chi connectivity index (χ3v) is 19.5. The summed E-state index contributed by atoms with van der Waals surface area (Å²) >= 11 is 0. The number of carbonyl (C=O) groups is 5. The number of nitrogens with zero attached hydrogens (tertiary/aromatic N) is 2. The summed E-state index contributed by atoms with van der Waals surface area (Å²) in [6.45, 7) is 4.71. The first-order valence-electron chi connectivity index (χ1n) is 39.4. The summed E-state index contributed by atoms with van der Waals surface area (Å²) < 4.78 is 80.1. The van der Waals surface area contributed by atoms with Crippen LogP contribution in [0.3, 0.4) is 0 Å². The lowest BCUT2D eigenvalue weighted by atomic mass is 10.0. The smallest absolute Gasteiger partial charge is 0.306 e. The Morgan fingerprint density at radius 2 is 0.588 bits per heavy atom. The van der Waals surface area contributed by atoms with Crippen LogP contribution >= 0.6 is 15.6 Å². The van der Waals surface area contributed by atoms with Gasteiger partial charge in [-0.25, -0.2) is 0 Å². The van der Waals surface area contributed by atoms with E-state index in [1.165, 1.54) is 89.9 Å². The van der Waals surface area contributed by atoms with Crippen LogP contribution in [0.1, 0.15) is 299 Å². The first kappa shape index (κ1) is 93.8. The largest absolute Gasteiger partial charge is 0.756 e. The standard InChI is InChI=1S/C79H138N2O19P2/c1-9-11-13-15-17-19-21-23-31-37-43-49-77(84)99-73(67-97-101(87,88)95-63-59-80(3,4)5)65-93-75(82)47-41-35-29-25-27-33-39-45-61-91-71-55-51-69(52-56-71)79(86)70-53-57-72(58-54-70)92-62-46-40-34-28-26-30-36-42-48-76(83)94-66-74(68-98-102(89,90)96-64-60-81(6,7)8)100-78(85)50-44-38-32-24-22-20-18-16-14-12-10-2/h51-58,73-74H,9-50,59-68H2,1-8H3/t73-,74-/m1/s1. The Morgan fingerprint density at radius 1 is 0.333 bits per heavy atom. The Hall–Kier alpha value is -4.27. The monoisotopic (exact) mass is 1480 g/mol. The summed E-state index contributed by atoms with van der Waals surface area (Å²) in [6, 6.07) is 14.4. The lowest BCUT2D eigenvalue weighted by molar-refractivity contribution is -0.870. The number of carbonyl (C=O) groups excluding carboxylic acids is 5. The molecule has 2 rings (SSSR count). The molecule has 0 bridgehead atoms. The Bertz CT molecular complexity index is 2390. The molecule has 0 aliphatic carbocycles. The molecule has 0 fully saturated rings. The molecule has 0 saturated heterocycles. The Labute approximate surface area is 616 Å². The van der Waals surface area contributed by atoms with Crippen LogP contribution in [0, 0.1) is 0 Å². The second-order valence-corrected chi connectivity index (χ2v) is 32.4. The molecule has 2 aromatic rings. The van der Waals surface area contributed by atoms with Crippen molar-refractivity contribution in [1.29, 1.82) is 0 Å². The molecule has 0 heterocycles. The van der Waals surface area contributed by atoms with Crippen molar-refractivity contribution in [3.63, 3.8) is 0 Å². The molecule has 21 nitrogen and oxygen atoms in total. The number of unbranched alkanes of at least 4 members (excludes halogenated alkanes) is 34. The summed E-state index contributed by atoms with van der Waals surface area (Å²) in [5.74, 6) is -0.514. The number of ether oxygens (including phenoxy) is 6. The van der Waals surface area contributed by atoms with Gasteiger partial charge < -0.3 is 65.3 Å². The van der Waals surface area contributed by atoms with Gasteiger partial charge in [0.05, 0.1) is 68.7 Å². The molecule has 0 N–H and O–H groups in total. The molecule has 588 valence electrons. The van der Waals surface area contributed by atoms with Gasteiger partial charge in [-0.2, -0.15) is 0 Å². The zero-order valence-corrected chi connectivity index (χ0v) is 66.4. The van der Waals surface area contributed by atoms with Crippen LogP contribution in [-0.2, 0) is 65.4 Å². The van der Waals surface area contributed by atoms with Gasteiger partial charge in [0.15, 0.2) is 18.0 Å². The third-order valence-electron chi connectivity index (χ3n) is 17.6. The number of ketones is 1. The normalized spacial score (nSPS) is 13.6. The van der Waals surface area contributed by atoms with E-state index < -0.39 is 64.9 Å². The summed E-state index contributed by atoms with van der Waals surface area (Å²) in [7, 11) is 2.12. The minimum atomic E-state index is -4.68. The van der Waals surface area contributed by atoms with Gasteiger partial charge in [-0.05, 0) is 87.1 Å². The number of rotatable bonds is 70. The van der Waals surface area contributed by atoms with Crippen LogP contribution in [-0.4, -0.2) is 159 Å². The van der Waals surface area contributed by atoms with E-state index >= 15 is 0 Å². The summed E-state index contributed by atoms with van der Waals surface area (Å²) in [5.41, 5.74) is 1.14. The Balaban J connectivity index is 1.58. The van der Waals surface area contributed by atoms with E-state index in [1.807, 2.05) is 66.6 Å². The average Bonchev–Trinajstić information content (AvgIpc) is 0.847. The minimum absolute atomic E-state index is 0.0634. The van der Waals surface area contributed by atoms with Gasteiger partial charge in [0, 0.05) is 36.8 Å². The van der Waals surface area contributed by atoms with Crippen molar-refractivity contribution in [2.75, 3.05) is 108 Å². The van der Waals surface area contributed by atoms with Crippen LogP contribution < -0.4 is 19.3 Å². The van der Waals surface area contributed by atoms with E-state index in [0.717, 1.165) is 128 Å². The number of phosphoric ester groups is 2. The van der Waals surface area contributed by atoms with Crippen LogP contribution in [0.2, 0.25) is 0 Å². The van der Waals surface area contributed by atoms with Crippen molar-refractivity contribution in [3.05, 3.63) is 59.7 Å². The van der Waals surface area contributed by atoms with Crippen LogP contribution in [0.5, 0.6) is 11.5 Å². The van der Waals surface area contributed by atoms with Gasteiger partial charge in [0.1, 0.15) is 51.0 Å². The molecule has 0 radical (unpaired) electrons. The highest BCUT2D eigenvalue weighted by Crippen LogP contribution is 2.39. The predicted molar refractivity (Wildman–Crippen MR) is 399 cm³/mol. The zero-order chi connectivity index (χ0) is 74.8. The molecule has 0 spiro atoms. The number of hydrogen-bond donors (Lipinski definition) is 0. The van der Waals surface area contributed by atoms with E-state index in [9.17, 15) is 42.9 Å². The SMILES string of the molecule is CCCCCCCCCCCCCC(=O)O[C@H](COC(=O)CCCCCCCCCCOc1ccc(C(=O)c2ccc(OCCCCCCCCCCC(=O)OC[C@H](COP(=O)([O-])OCC[N+](C)(C)C)OC(=O)CCCCCCCCCCCCC)cc2)cc1)COP(=O)([O-])OCC[N+](C)(C)C. The van der Waals surface area contributed by atoms with Crippen molar-refractivity contribution in [2.45, 2.75) is 296 Å². The molecule has 4 atom stereocenters. The zero-order valence-electron chi connectivity index (χ0n) is 64.6. The van der Waals surface area contributed by atoms with Crippen LogP contribution in [0.15, 0.2) is 48.5 Å². The van der Waals surface area contributed by atoms with Gasteiger partial charge in [0.2, 0.25) is 0 Å². The fraction of sp³-hybridized carbons (Fsp3) is 0.785. The Kier molecular flexibility index (Phi) is 54.1. The molecule has 23 heteroatoms. The number of hydrogen-bond acceptors (Lipinski definition) is 19. The number of likely N-dealkylation sites (N-methyl/N-ethyl adjacent to an activating group) is 2. The van der Waals surface area contributed by atoms with Crippen LogP contribution in [0.4, 0.5) is 0 Å². The molecule has 0 aromatic heterocycles. The molecule has 102 heavy (non-hydrogen) atoms. The fourth-order valence-electron chi connectivity index (χ4n) is 11.2. The molecule has 0 saturated carbocycles. The summed E-state index contributed by atoms with van der Waals surface area (Å²) in [6.07, 6.45) is 39.0. The Morgan fingerprint density at radius 3 is 0.863 bits per heavy atom. The molecule has 0 aliphatic rings. The highest BCUT2D eigenvalue weighted by molar-refractivity contribution is 7.46. The summed E-state index contributed by atoms with van der Waals surface area (Å²) in [4.78, 5) is 89.2. The van der Waals surface area contributed by atoms with E-state index in [2.05, 4.69) is 13.8 Å². The van der Waals surface area contributed by atoms with E-state index in [1.54, 1.807) is 24.3 Å². The van der Waals surface area contributed by atoms with E-state index in [4.69, 9.17) is 46.5 Å². The fourth-order valence-corrected chi connectivity index (χ4v) is 12.7. The van der Waals surface area contributed by atoms with Crippen molar-refractivity contribution < 1.29 is 98.4 Å². The molecule has 0 amide bonds. The molecule has 2 aromatic carbocycles. The second-order valence-electron chi connectivity index (χ2n) is 29.6. The van der Waals surface area contributed by atoms with Crippen molar-refractivity contribution in [2.24, 2.45) is 0 Å². The number of esters is 4. The molecular formula is C79H138N2O19P2. The average molecular weight is 1480 g/mol. The maximum Gasteiger partial charge on any atom is 0.306 e. The maximum atomic E-state index is 13.3. The van der Waals surface area contributed by atoms with E-state index in [-0.39, 0.29) is 57.9 Å². The molecule has 0 aliphatic heterocycles. The van der Waals surface area contributed by atoms with Gasteiger partial charge in [-0.1, -0.05) is 219 Å². The van der Waals surface area contributed by atoms with Crippen molar-refractivity contribution in [1.82, 2.24) is 0 Å². The van der Waals surface area contributed by atoms with Gasteiger partial charge >= 0.3 is 23.9 Å². The predicted octanol–water partition coefficient (Wildman–Crippen LogP) is 17.4. The topological polar surface area (TPSA) is 258 Å². The second kappa shape index (κ2) is 58.9. The molecular weight excluding hydrogens is 1340 g/mol. The van der Waals surface area contributed by atoms with Gasteiger partial charge in [-0.3, -0.25) is 33.1 Å². The first-order valence-corrected chi connectivity index (χ1v) is 42.3. The maximum absolute atomic E-state index is 13.3. The highest BCUT2D eigenvalue weighted by Gasteiger charge is 2.24. The quantitative estimate of drug-likeness (QED) is 0.0149. The lowest BCUT2D eigenvalue weighted by Crippen LogP contribution is -2.37. The third kappa shape index (κ3) is 56.1.